The molecule has 0 fully saturated rings. The molecule has 1 rings (SSSR count). The first-order chi connectivity index (χ1) is 9.21. The van der Waals surface area contributed by atoms with Crippen molar-refractivity contribution in [3.05, 3.63) is 35.6 Å². The van der Waals surface area contributed by atoms with E-state index in [2.05, 4.69) is 4.72 Å². The van der Waals surface area contributed by atoms with Crippen LogP contribution in [0, 0.1) is 11.7 Å². The summed E-state index contributed by atoms with van der Waals surface area (Å²) in [5.74, 6) is -2.10. The van der Waals surface area contributed by atoms with Gasteiger partial charge in [-0.1, -0.05) is 26.0 Å². The lowest BCUT2D eigenvalue weighted by molar-refractivity contribution is -0.136. The number of carboxylic acids is 1. The van der Waals surface area contributed by atoms with Crippen molar-refractivity contribution >= 4 is 16.0 Å². The summed E-state index contributed by atoms with van der Waals surface area (Å²) in [7, 11) is -3.70. The molecule has 0 radical (unpaired) electrons. The zero-order valence-corrected chi connectivity index (χ0v) is 12.2. The van der Waals surface area contributed by atoms with Gasteiger partial charge in [0.25, 0.3) is 0 Å². The zero-order chi connectivity index (χ0) is 15.3. The van der Waals surface area contributed by atoms with E-state index in [9.17, 15) is 17.6 Å². The SMILES string of the molecule is CC(C)C(NS(=O)(=O)CCC(=O)O)c1ccc(F)cc1. The normalized spacial score (nSPS) is 13.4. The van der Waals surface area contributed by atoms with Crippen LogP contribution in [0.25, 0.3) is 0 Å². The Hall–Kier alpha value is -1.47. The maximum Gasteiger partial charge on any atom is 0.304 e. The molecule has 0 aliphatic carbocycles. The van der Waals surface area contributed by atoms with Crippen molar-refractivity contribution in [2.75, 3.05) is 5.75 Å². The highest BCUT2D eigenvalue weighted by atomic mass is 32.2. The van der Waals surface area contributed by atoms with Gasteiger partial charge in [0.15, 0.2) is 0 Å². The van der Waals surface area contributed by atoms with E-state index >= 15 is 0 Å². The highest BCUT2D eigenvalue weighted by Gasteiger charge is 2.23. The second-order valence-electron chi connectivity index (χ2n) is 4.85. The number of sulfonamides is 1. The number of hydrogen-bond donors (Lipinski definition) is 2. The van der Waals surface area contributed by atoms with Crippen LogP contribution in [0.2, 0.25) is 0 Å². The molecule has 0 bridgehead atoms. The summed E-state index contributed by atoms with van der Waals surface area (Å²) in [5.41, 5.74) is 0.639. The van der Waals surface area contributed by atoms with Crippen LogP contribution in [-0.2, 0) is 14.8 Å². The number of rotatable bonds is 7. The first-order valence-corrected chi connectivity index (χ1v) is 7.84. The Morgan fingerprint density at radius 2 is 1.85 bits per heavy atom. The second-order valence-corrected chi connectivity index (χ2v) is 6.73. The van der Waals surface area contributed by atoms with Crippen molar-refractivity contribution in [2.45, 2.75) is 26.3 Å². The fourth-order valence-corrected chi connectivity index (χ4v) is 3.09. The van der Waals surface area contributed by atoms with Crippen LogP contribution in [-0.4, -0.2) is 25.2 Å². The van der Waals surface area contributed by atoms with E-state index in [4.69, 9.17) is 5.11 Å². The standard InChI is InChI=1S/C13H18FNO4S/c1-9(2)13(10-3-5-11(14)6-4-10)15-20(18,19)8-7-12(16)17/h3-6,9,13,15H,7-8H2,1-2H3,(H,16,17). The number of hydrogen-bond acceptors (Lipinski definition) is 3. The predicted octanol–water partition coefficient (Wildman–Crippen LogP) is 1.92. The van der Waals surface area contributed by atoms with Gasteiger partial charge in [-0.25, -0.2) is 17.5 Å². The van der Waals surface area contributed by atoms with E-state index in [0.717, 1.165) is 0 Å². The smallest absolute Gasteiger partial charge is 0.304 e. The number of halogens is 1. The molecule has 0 saturated heterocycles. The van der Waals surface area contributed by atoms with Crippen molar-refractivity contribution in [3.63, 3.8) is 0 Å². The van der Waals surface area contributed by atoms with Gasteiger partial charge in [-0.3, -0.25) is 4.79 Å². The van der Waals surface area contributed by atoms with Gasteiger partial charge in [0.05, 0.1) is 12.2 Å². The van der Waals surface area contributed by atoms with Crippen LogP contribution < -0.4 is 4.72 Å². The molecule has 0 amide bonds. The molecule has 0 aliphatic rings. The Balaban J connectivity index is 2.87. The minimum Gasteiger partial charge on any atom is -0.481 e. The predicted molar refractivity (Wildman–Crippen MR) is 73.2 cm³/mol. The molecule has 112 valence electrons. The van der Waals surface area contributed by atoms with Gasteiger partial charge in [0.1, 0.15) is 5.82 Å². The molecule has 0 spiro atoms. The maximum atomic E-state index is 12.9. The molecule has 7 heteroatoms. The molecule has 1 atom stereocenters. The van der Waals surface area contributed by atoms with Crippen molar-refractivity contribution < 1.29 is 22.7 Å². The van der Waals surface area contributed by atoms with Gasteiger partial charge in [-0.05, 0) is 23.6 Å². The third-order valence-electron chi connectivity index (χ3n) is 2.79. The first kappa shape index (κ1) is 16.6. The van der Waals surface area contributed by atoms with Gasteiger partial charge in [-0.2, -0.15) is 0 Å². The summed E-state index contributed by atoms with van der Waals surface area (Å²) in [6.07, 6.45) is -0.455. The minimum absolute atomic E-state index is 0.0555. The highest BCUT2D eigenvalue weighted by Crippen LogP contribution is 2.23. The lowest BCUT2D eigenvalue weighted by Gasteiger charge is -2.22. The third-order valence-corrected chi connectivity index (χ3v) is 4.14. The number of benzene rings is 1. The van der Waals surface area contributed by atoms with Crippen LogP contribution >= 0.6 is 0 Å². The van der Waals surface area contributed by atoms with Crippen molar-refractivity contribution in [1.82, 2.24) is 4.72 Å². The Bertz CT molecular complexity index is 554. The highest BCUT2D eigenvalue weighted by molar-refractivity contribution is 7.89. The molecule has 0 aliphatic heterocycles. The van der Waals surface area contributed by atoms with E-state index in [1.807, 2.05) is 13.8 Å². The fraction of sp³-hybridized carbons (Fsp3) is 0.462. The van der Waals surface area contributed by atoms with Crippen molar-refractivity contribution in [2.24, 2.45) is 5.92 Å². The first-order valence-electron chi connectivity index (χ1n) is 6.18. The van der Waals surface area contributed by atoms with Gasteiger partial charge in [0.2, 0.25) is 10.0 Å². The molecular formula is C13H18FNO4S. The lowest BCUT2D eigenvalue weighted by atomic mass is 9.97. The lowest BCUT2D eigenvalue weighted by Crippen LogP contribution is -2.34. The Morgan fingerprint density at radius 1 is 1.30 bits per heavy atom. The van der Waals surface area contributed by atoms with E-state index < -0.39 is 40.0 Å². The second kappa shape index (κ2) is 6.81. The van der Waals surface area contributed by atoms with Crippen LogP contribution in [0.15, 0.2) is 24.3 Å². The zero-order valence-electron chi connectivity index (χ0n) is 11.3. The number of carbonyl (C=O) groups is 1. The average molecular weight is 303 g/mol. The van der Waals surface area contributed by atoms with Gasteiger partial charge in [0, 0.05) is 6.04 Å². The van der Waals surface area contributed by atoms with E-state index in [-0.39, 0.29) is 5.92 Å². The summed E-state index contributed by atoms with van der Waals surface area (Å²) < 4.78 is 39.0. The molecular weight excluding hydrogens is 285 g/mol. The molecule has 0 heterocycles. The summed E-state index contributed by atoms with van der Waals surface area (Å²) in [6.45, 7) is 3.65. The molecule has 1 aromatic rings. The third kappa shape index (κ3) is 5.26. The fourth-order valence-electron chi connectivity index (χ4n) is 1.73. The quantitative estimate of drug-likeness (QED) is 0.806. The van der Waals surface area contributed by atoms with Crippen LogP contribution in [0.3, 0.4) is 0 Å². The van der Waals surface area contributed by atoms with Gasteiger partial charge < -0.3 is 5.11 Å². The van der Waals surface area contributed by atoms with Crippen LogP contribution in [0.4, 0.5) is 4.39 Å². The number of aliphatic carboxylic acids is 1. The summed E-state index contributed by atoms with van der Waals surface area (Å²) in [6, 6.07) is 5.03. The van der Waals surface area contributed by atoms with Gasteiger partial charge >= 0.3 is 5.97 Å². The molecule has 0 saturated carbocycles. The van der Waals surface area contributed by atoms with Crippen molar-refractivity contribution in [1.29, 1.82) is 0 Å². The molecule has 1 unspecified atom stereocenters. The number of nitrogens with one attached hydrogen (secondary N) is 1. The Morgan fingerprint density at radius 3 is 2.30 bits per heavy atom. The van der Waals surface area contributed by atoms with Crippen molar-refractivity contribution in [3.8, 4) is 0 Å². The average Bonchev–Trinajstić information content (AvgIpc) is 2.35. The monoisotopic (exact) mass is 303 g/mol. The molecule has 2 N–H and O–H groups in total. The summed E-state index contributed by atoms with van der Waals surface area (Å²) in [4.78, 5) is 10.4. The molecule has 1 aromatic carbocycles. The van der Waals surface area contributed by atoms with Crippen LogP contribution in [0.5, 0.6) is 0 Å². The largest absolute Gasteiger partial charge is 0.481 e. The summed E-state index contributed by atoms with van der Waals surface area (Å²) >= 11 is 0. The van der Waals surface area contributed by atoms with E-state index in [1.54, 1.807) is 0 Å². The molecule has 20 heavy (non-hydrogen) atoms. The van der Waals surface area contributed by atoms with Crippen LogP contribution in [0.1, 0.15) is 31.9 Å². The number of carboxylic acid groups (broad SMARTS) is 1. The van der Waals surface area contributed by atoms with E-state index in [1.165, 1.54) is 24.3 Å². The Labute approximate surface area is 117 Å². The maximum absolute atomic E-state index is 12.9. The molecule has 0 aromatic heterocycles. The topological polar surface area (TPSA) is 83.5 Å². The Kier molecular flexibility index (Phi) is 5.64. The minimum atomic E-state index is -3.70. The van der Waals surface area contributed by atoms with E-state index in [0.29, 0.717) is 5.56 Å². The van der Waals surface area contributed by atoms with Gasteiger partial charge in [-0.15, -0.1) is 0 Å². The summed E-state index contributed by atoms with van der Waals surface area (Å²) in [5, 5.41) is 8.53. The molecule has 5 nitrogen and oxygen atoms in total.